The number of allylic oxidation sites excluding steroid dienone is 4. The standard InChI is InChI=1S/C37H48N4/c1-10-22-24(12-3)32-19-34-26(14-5)28(16-7)36(40-34)21(9)37-29(17-8)27(15-6)35(41-37)20-33-25(13-4)23(11-2)31(39-33)18-30(22)38-32/h18-20,38,40H,10-17H2,1-9H3. The van der Waals surface area contributed by atoms with Gasteiger partial charge in [0.25, 0.3) is 0 Å². The maximum atomic E-state index is 5.38. The summed E-state index contributed by atoms with van der Waals surface area (Å²) in [5, 5.41) is 0. The van der Waals surface area contributed by atoms with Crippen molar-refractivity contribution >= 4 is 44.4 Å². The van der Waals surface area contributed by atoms with Crippen LogP contribution in [0.1, 0.15) is 132 Å². The minimum Gasteiger partial charge on any atom is -0.355 e. The van der Waals surface area contributed by atoms with E-state index in [4.69, 9.17) is 9.97 Å². The van der Waals surface area contributed by atoms with E-state index in [9.17, 15) is 0 Å². The Morgan fingerprint density at radius 3 is 1.44 bits per heavy atom. The average Bonchev–Trinajstić information content (AvgIpc) is 3.71. The van der Waals surface area contributed by atoms with E-state index >= 15 is 0 Å². The summed E-state index contributed by atoms with van der Waals surface area (Å²) in [7, 11) is 0. The topological polar surface area (TPSA) is 57.4 Å². The molecule has 8 bridgehead atoms. The van der Waals surface area contributed by atoms with E-state index in [1.54, 1.807) is 0 Å². The maximum absolute atomic E-state index is 5.38. The van der Waals surface area contributed by atoms with Gasteiger partial charge in [-0.2, -0.15) is 0 Å². The third-order valence-electron chi connectivity index (χ3n) is 9.35. The van der Waals surface area contributed by atoms with Crippen molar-refractivity contribution < 1.29 is 0 Å². The van der Waals surface area contributed by atoms with Gasteiger partial charge in [0.2, 0.25) is 0 Å². The summed E-state index contributed by atoms with van der Waals surface area (Å²) >= 11 is 0. The van der Waals surface area contributed by atoms with Crippen LogP contribution in [0.3, 0.4) is 0 Å². The number of H-pyrrole nitrogens is 2. The third-order valence-corrected chi connectivity index (χ3v) is 9.35. The molecule has 0 saturated carbocycles. The van der Waals surface area contributed by atoms with Crippen LogP contribution in [0, 0.1) is 6.92 Å². The summed E-state index contributed by atoms with van der Waals surface area (Å²) in [4.78, 5) is 18.4. The van der Waals surface area contributed by atoms with Crippen LogP contribution in [0.2, 0.25) is 0 Å². The lowest BCUT2D eigenvalue weighted by Crippen LogP contribution is -1.91. The minimum atomic E-state index is 0.964. The van der Waals surface area contributed by atoms with E-state index in [2.05, 4.69) is 90.5 Å². The normalized spacial score (nSPS) is 13.6. The molecule has 4 heteroatoms. The predicted octanol–water partition coefficient (Wildman–Crippen LogP) is 10.3. The molecule has 216 valence electrons. The van der Waals surface area contributed by atoms with Crippen LogP contribution in [0.4, 0.5) is 0 Å². The fourth-order valence-electron chi connectivity index (χ4n) is 7.40. The molecule has 0 fully saturated rings. The first-order valence-electron chi connectivity index (χ1n) is 16.1. The highest BCUT2D eigenvalue weighted by Gasteiger charge is 2.24. The Morgan fingerprint density at radius 1 is 0.463 bits per heavy atom. The molecule has 0 saturated heterocycles. The van der Waals surface area contributed by atoms with Gasteiger partial charge in [-0.3, -0.25) is 0 Å². The van der Waals surface area contributed by atoms with Crippen molar-refractivity contribution in [3.05, 3.63) is 68.8 Å². The number of hydrogen-bond donors (Lipinski definition) is 2. The second-order valence-corrected chi connectivity index (χ2v) is 11.3. The number of nitrogens with zero attached hydrogens (tertiary/aromatic N) is 2. The minimum absolute atomic E-state index is 0.964. The Bertz CT molecular complexity index is 1720. The summed E-state index contributed by atoms with van der Waals surface area (Å²) in [6, 6.07) is 6.96. The molecule has 2 aliphatic heterocycles. The van der Waals surface area contributed by atoms with E-state index in [-0.39, 0.29) is 0 Å². The first-order valence-corrected chi connectivity index (χ1v) is 16.1. The number of rotatable bonds is 8. The van der Waals surface area contributed by atoms with Crippen LogP contribution in [0.5, 0.6) is 0 Å². The lowest BCUT2D eigenvalue weighted by Gasteiger charge is -2.06. The van der Waals surface area contributed by atoms with Gasteiger partial charge in [0.15, 0.2) is 0 Å². The van der Waals surface area contributed by atoms with Crippen molar-refractivity contribution in [3.63, 3.8) is 0 Å². The molecule has 2 N–H and O–H groups in total. The molecule has 0 amide bonds. The Balaban J connectivity index is 2.07. The molecule has 5 heterocycles. The summed E-state index contributed by atoms with van der Waals surface area (Å²) in [6.07, 6.45) is 7.84. The highest BCUT2D eigenvalue weighted by atomic mass is 14.8. The fraction of sp³-hybridized carbons (Fsp3) is 0.459. The van der Waals surface area contributed by atoms with E-state index in [1.807, 2.05) is 0 Å². The molecule has 2 aliphatic rings. The molecule has 5 rings (SSSR count). The Kier molecular flexibility index (Phi) is 8.40. The summed E-state index contributed by atoms with van der Waals surface area (Å²) in [6.45, 7) is 20.4. The van der Waals surface area contributed by atoms with Crippen molar-refractivity contribution in [1.29, 1.82) is 0 Å². The van der Waals surface area contributed by atoms with E-state index in [1.165, 1.54) is 72.2 Å². The van der Waals surface area contributed by atoms with Crippen LogP contribution in [0.15, 0.2) is 18.2 Å². The van der Waals surface area contributed by atoms with Gasteiger partial charge in [0, 0.05) is 22.1 Å². The fourth-order valence-corrected chi connectivity index (χ4v) is 7.40. The SMILES string of the molecule is CCC1=C(CC)c2cc3[nH]c(cc4[nH]c(c(C)c5nc(cc1n2)C(CC)=C5CC)c(CC)c4CC)c(CC)c3CC. The molecule has 3 aromatic rings. The maximum Gasteiger partial charge on any atom is 0.0722 e. The van der Waals surface area contributed by atoms with Crippen LogP contribution in [0.25, 0.3) is 44.4 Å². The van der Waals surface area contributed by atoms with Crippen molar-refractivity contribution in [2.24, 2.45) is 0 Å². The second kappa shape index (κ2) is 11.8. The number of nitrogens with one attached hydrogen (secondary N) is 2. The van der Waals surface area contributed by atoms with Crippen LogP contribution >= 0.6 is 0 Å². The number of aryl methyl sites for hydroxylation is 5. The van der Waals surface area contributed by atoms with Crippen LogP contribution < -0.4 is 0 Å². The van der Waals surface area contributed by atoms with Crippen molar-refractivity contribution in [1.82, 2.24) is 19.9 Å². The van der Waals surface area contributed by atoms with Crippen molar-refractivity contribution in [2.45, 2.75) is 114 Å². The highest BCUT2D eigenvalue weighted by molar-refractivity contribution is 5.97. The summed E-state index contributed by atoms with van der Waals surface area (Å²) in [5.41, 5.74) is 21.7. The molecule has 4 nitrogen and oxygen atoms in total. The lowest BCUT2D eigenvalue weighted by atomic mass is 9.96. The zero-order valence-corrected chi connectivity index (χ0v) is 26.8. The van der Waals surface area contributed by atoms with Gasteiger partial charge in [-0.15, -0.1) is 0 Å². The first kappa shape index (κ1) is 29.1. The first-order chi connectivity index (χ1) is 19.9. The zero-order chi connectivity index (χ0) is 29.4. The van der Waals surface area contributed by atoms with Gasteiger partial charge in [0.05, 0.1) is 22.8 Å². The van der Waals surface area contributed by atoms with Crippen LogP contribution in [-0.2, 0) is 25.7 Å². The van der Waals surface area contributed by atoms with Crippen molar-refractivity contribution in [3.8, 4) is 0 Å². The number of fused-ring (bicyclic) bond motifs is 8. The molecular weight excluding hydrogens is 500 g/mol. The highest BCUT2D eigenvalue weighted by Crippen LogP contribution is 2.40. The number of aromatic amines is 2. The molecule has 41 heavy (non-hydrogen) atoms. The largest absolute Gasteiger partial charge is 0.355 e. The van der Waals surface area contributed by atoms with Crippen molar-refractivity contribution in [2.75, 3.05) is 0 Å². The van der Waals surface area contributed by atoms with Gasteiger partial charge < -0.3 is 9.97 Å². The molecular formula is C37H48N4. The second-order valence-electron chi connectivity index (χ2n) is 11.3. The third kappa shape index (κ3) is 4.70. The van der Waals surface area contributed by atoms with Gasteiger partial charge in [-0.1, -0.05) is 55.4 Å². The van der Waals surface area contributed by atoms with E-state index in [0.29, 0.717) is 0 Å². The molecule has 0 unspecified atom stereocenters. The van der Waals surface area contributed by atoms with Crippen LogP contribution in [-0.4, -0.2) is 19.9 Å². The smallest absolute Gasteiger partial charge is 0.0722 e. The number of aromatic nitrogens is 4. The monoisotopic (exact) mass is 548 g/mol. The molecule has 3 aromatic heterocycles. The van der Waals surface area contributed by atoms with E-state index in [0.717, 1.165) is 74.1 Å². The van der Waals surface area contributed by atoms with Gasteiger partial charge >= 0.3 is 0 Å². The quantitative estimate of drug-likeness (QED) is 0.294. The van der Waals surface area contributed by atoms with E-state index < -0.39 is 0 Å². The molecule has 0 atom stereocenters. The average molecular weight is 549 g/mol. The number of hydrogen-bond acceptors (Lipinski definition) is 2. The molecule has 0 aliphatic carbocycles. The molecule has 0 radical (unpaired) electrons. The summed E-state index contributed by atoms with van der Waals surface area (Å²) < 4.78 is 0. The molecule has 0 spiro atoms. The predicted molar refractivity (Wildman–Crippen MR) is 178 cm³/mol. The lowest BCUT2D eigenvalue weighted by molar-refractivity contribution is 1.07. The summed E-state index contributed by atoms with van der Waals surface area (Å²) in [5.74, 6) is 0. The molecule has 0 aromatic carbocycles. The Hall–Kier alpha value is -3.40. The van der Waals surface area contributed by atoms with Gasteiger partial charge in [-0.25, -0.2) is 9.97 Å². The van der Waals surface area contributed by atoms with Gasteiger partial charge in [-0.05, 0) is 127 Å². The Morgan fingerprint density at radius 2 is 0.902 bits per heavy atom. The zero-order valence-electron chi connectivity index (χ0n) is 26.8. The van der Waals surface area contributed by atoms with Gasteiger partial charge in [0.1, 0.15) is 0 Å². The Labute approximate surface area is 246 Å².